The molecule has 0 radical (unpaired) electrons. The molecule has 1 aromatic carbocycles. The molecule has 1 aromatic rings. The lowest BCUT2D eigenvalue weighted by molar-refractivity contribution is -0.121. The maximum atomic E-state index is 12.2. The predicted octanol–water partition coefficient (Wildman–Crippen LogP) is 4.48. The summed E-state index contributed by atoms with van der Waals surface area (Å²) in [4.78, 5) is 12.2. The molecule has 1 aliphatic carbocycles. The van der Waals surface area contributed by atoms with E-state index in [1.165, 1.54) is 12.8 Å². The molecule has 0 aromatic heterocycles. The SMILES string of the molecule is C[C@H]1[C@@H](NC(=O)Cc2ccc(Cl)cc2Cl)CCC[C@@H]1C. The molecule has 0 saturated heterocycles. The minimum absolute atomic E-state index is 0.0418. The number of hydrogen-bond acceptors (Lipinski definition) is 1. The third-order valence-electron chi connectivity index (χ3n) is 4.42. The Morgan fingerprint density at radius 2 is 2.05 bits per heavy atom. The van der Waals surface area contributed by atoms with Gasteiger partial charge in [-0.15, -0.1) is 0 Å². The molecule has 110 valence electrons. The van der Waals surface area contributed by atoms with E-state index < -0.39 is 0 Å². The topological polar surface area (TPSA) is 29.1 Å². The van der Waals surface area contributed by atoms with Crippen LogP contribution in [0.3, 0.4) is 0 Å². The van der Waals surface area contributed by atoms with Crippen molar-refractivity contribution in [3.05, 3.63) is 33.8 Å². The first kappa shape index (κ1) is 15.7. The minimum atomic E-state index is 0.0418. The van der Waals surface area contributed by atoms with E-state index in [2.05, 4.69) is 19.2 Å². The number of hydrogen-bond donors (Lipinski definition) is 1. The summed E-state index contributed by atoms with van der Waals surface area (Å²) in [6.07, 6.45) is 3.84. The molecule has 1 amide bonds. The molecule has 0 aliphatic heterocycles. The van der Waals surface area contributed by atoms with Gasteiger partial charge in [0.05, 0.1) is 6.42 Å². The molecular formula is C16H21Cl2NO. The lowest BCUT2D eigenvalue weighted by Crippen LogP contribution is -2.44. The fourth-order valence-corrected chi connectivity index (χ4v) is 3.36. The van der Waals surface area contributed by atoms with Crippen molar-refractivity contribution in [2.45, 2.75) is 45.6 Å². The Bertz CT molecular complexity index is 489. The van der Waals surface area contributed by atoms with Gasteiger partial charge in [0, 0.05) is 16.1 Å². The molecule has 1 N–H and O–H groups in total. The number of rotatable bonds is 3. The van der Waals surface area contributed by atoms with Gasteiger partial charge in [0.2, 0.25) is 5.91 Å². The average Bonchev–Trinajstić information content (AvgIpc) is 2.38. The van der Waals surface area contributed by atoms with Crippen LogP contribution in [0.5, 0.6) is 0 Å². The monoisotopic (exact) mass is 313 g/mol. The Balaban J connectivity index is 1.95. The molecular weight excluding hydrogens is 293 g/mol. The normalized spacial score (nSPS) is 26.3. The second-order valence-electron chi connectivity index (χ2n) is 5.85. The standard InChI is InChI=1S/C16H21Cl2NO/c1-10-4-3-5-15(11(10)2)19-16(20)8-12-6-7-13(17)9-14(12)18/h6-7,9-11,15H,3-5,8H2,1-2H3,(H,19,20)/t10-,11+,15-/m0/s1. The van der Waals surface area contributed by atoms with Crippen LogP contribution in [0.2, 0.25) is 10.0 Å². The van der Waals surface area contributed by atoms with Crippen molar-refractivity contribution in [3.8, 4) is 0 Å². The van der Waals surface area contributed by atoms with Crippen LogP contribution in [0.4, 0.5) is 0 Å². The predicted molar refractivity (Wildman–Crippen MR) is 84.3 cm³/mol. The maximum absolute atomic E-state index is 12.2. The van der Waals surface area contributed by atoms with Gasteiger partial charge in [-0.1, -0.05) is 56.0 Å². The molecule has 0 heterocycles. The van der Waals surface area contributed by atoms with E-state index in [0.29, 0.717) is 28.3 Å². The Hall–Kier alpha value is -0.730. The molecule has 0 unspecified atom stereocenters. The van der Waals surface area contributed by atoms with E-state index in [-0.39, 0.29) is 11.9 Å². The minimum Gasteiger partial charge on any atom is -0.353 e. The van der Waals surface area contributed by atoms with Gasteiger partial charge in [-0.2, -0.15) is 0 Å². The summed E-state index contributed by atoms with van der Waals surface area (Å²) < 4.78 is 0. The second kappa shape index (κ2) is 6.82. The smallest absolute Gasteiger partial charge is 0.224 e. The van der Waals surface area contributed by atoms with Gasteiger partial charge >= 0.3 is 0 Å². The van der Waals surface area contributed by atoms with Crippen LogP contribution in [-0.2, 0) is 11.2 Å². The average molecular weight is 314 g/mol. The Morgan fingerprint density at radius 1 is 1.30 bits per heavy atom. The van der Waals surface area contributed by atoms with Crippen LogP contribution in [0, 0.1) is 11.8 Å². The van der Waals surface area contributed by atoms with Crippen LogP contribution in [-0.4, -0.2) is 11.9 Å². The summed E-state index contributed by atoms with van der Waals surface area (Å²) in [5.74, 6) is 1.25. The zero-order valence-electron chi connectivity index (χ0n) is 12.0. The van der Waals surface area contributed by atoms with Crippen molar-refractivity contribution >= 4 is 29.1 Å². The molecule has 2 nitrogen and oxygen atoms in total. The highest BCUT2D eigenvalue weighted by Gasteiger charge is 2.28. The number of carbonyl (C=O) groups is 1. The van der Waals surface area contributed by atoms with Crippen molar-refractivity contribution in [1.82, 2.24) is 5.32 Å². The quantitative estimate of drug-likeness (QED) is 0.876. The summed E-state index contributed by atoms with van der Waals surface area (Å²) in [7, 11) is 0. The third-order valence-corrected chi connectivity index (χ3v) is 5.01. The van der Waals surface area contributed by atoms with Gasteiger partial charge in [0.25, 0.3) is 0 Å². The van der Waals surface area contributed by atoms with E-state index in [9.17, 15) is 4.79 Å². The maximum Gasteiger partial charge on any atom is 0.224 e. The fourth-order valence-electron chi connectivity index (χ4n) is 2.88. The van der Waals surface area contributed by atoms with Gasteiger partial charge in [0.1, 0.15) is 0 Å². The van der Waals surface area contributed by atoms with E-state index in [1.807, 2.05) is 6.07 Å². The molecule has 3 atom stereocenters. The molecule has 2 rings (SSSR count). The van der Waals surface area contributed by atoms with E-state index in [0.717, 1.165) is 12.0 Å². The fraction of sp³-hybridized carbons (Fsp3) is 0.562. The number of carbonyl (C=O) groups excluding carboxylic acids is 1. The lowest BCUT2D eigenvalue weighted by atomic mass is 9.78. The number of halogens is 2. The summed E-state index contributed by atoms with van der Waals surface area (Å²) in [6.45, 7) is 4.49. The molecule has 0 spiro atoms. The summed E-state index contributed by atoms with van der Waals surface area (Å²) >= 11 is 12.0. The Morgan fingerprint density at radius 3 is 2.75 bits per heavy atom. The van der Waals surface area contributed by atoms with E-state index in [4.69, 9.17) is 23.2 Å². The second-order valence-corrected chi connectivity index (χ2v) is 6.70. The summed E-state index contributed by atoms with van der Waals surface area (Å²) in [5, 5.41) is 4.30. The molecule has 20 heavy (non-hydrogen) atoms. The number of amides is 1. The van der Waals surface area contributed by atoms with Crippen LogP contribution in [0.1, 0.15) is 38.7 Å². The van der Waals surface area contributed by atoms with Crippen LogP contribution in [0.25, 0.3) is 0 Å². The van der Waals surface area contributed by atoms with Crippen molar-refractivity contribution in [1.29, 1.82) is 0 Å². The first-order valence-electron chi connectivity index (χ1n) is 7.20. The van der Waals surface area contributed by atoms with Crippen molar-refractivity contribution < 1.29 is 4.79 Å². The van der Waals surface area contributed by atoms with Crippen molar-refractivity contribution in [3.63, 3.8) is 0 Å². The van der Waals surface area contributed by atoms with Crippen molar-refractivity contribution in [2.24, 2.45) is 11.8 Å². The van der Waals surface area contributed by atoms with Gasteiger partial charge in [-0.25, -0.2) is 0 Å². The van der Waals surface area contributed by atoms with Crippen molar-refractivity contribution in [2.75, 3.05) is 0 Å². The van der Waals surface area contributed by atoms with E-state index >= 15 is 0 Å². The number of benzene rings is 1. The zero-order chi connectivity index (χ0) is 14.7. The molecule has 0 bridgehead atoms. The van der Waals surface area contributed by atoms with Gasteiger partial charge in [0.15, 0.2) is 0 Å². The molecule has 1 saturated carbocycles. The highest BCUT2D eigenvalue weighted by molar-refractivity contribution is 6.35. The summed E-state index contributed by atoms with van der Waals surface area (Å²) in [5.41, 5.74) is 0.824. The van der Waals surface area contributed by atoms with Crippen LogP contribution in [0.15, 0.2) is 18.2 Å². The largest absolute Gasteiger partial charge is 0.353 e. The zero-order valence-corrected chi connectivity index (χ0v) is 13.5. The number of nitrogens with one attached hydrogen (secondary N) is 1. The Labute approximate surface area is 130 Å². The lowest BCUT2D eigenvalue weighted by Gasteiger charge is -2.34. The van der Waals surface area contributed by atoms with Crippen LogP contribution >= 0.6 is 23.2 Å². The molecule has 4 heteroatoms. The van der Waals surface area contributed by atoms with Gasteiger partial charge in [-0.05, 0) is 36.0 Å². The Kier molecular flexibility index (Phi) is 5.34. The summed E-state index contributed by atoms with van der Waals surface area (Å²) in [6, 6.07) is 5.55. The van der Waals surface area contributed by atoms with Gasteiger partial charge in [-0.3, -0.25) is 4.79 Å². The third kappa shape index (κ3) is 3.89. The molecule has 1 aliphatic rings. The highest BCUT2D eigenvalue weighted by atomic mass is 35.5. The first-order chi connectivity index (χ1) is 9.47. The first-order valence-corrected chi connectivity index (χ1v) is 7.96. The van der Waals surface area contributed by atoms with Gasteiger partial charge < -0.3 is 5.32 Å². The highest BCUT2D eigenvalue weighted by Crippen LogP contribution is 2.29. The van der Waals surface area contributed by atoms with E-state index in [1.54, 1.807) is 12.1 Å². The molecule has 1 fully saturated rings. The van der Waals surface area contributed by atoms with Crippen LogP contribution < -0.4 is 5.32 Å².